The number of aromatic amines is 1. The number of carbonyl (C=O) groups is 1. The van der Waals surface area contributed by atoms with Crippen LogP contribution in [0.5, 0.6) is 0 Å². The van der Waals surface area contributed by atoms with Crippen LogP contribution in [-0.4, -0.2) is 17.4 Å². The first kappa shape index (κ1) is 14.3. The Kier molecular flexibility index (Phi) is 4.56. The van der Waals surface area contributed by atoms with Gasteiger partial charge in [0.1, 0.15) is 5.82 Å². The Morgan fingerprint density at radius 1 is 1.25 bits per heavy atom. The van der Waals surface area contributed by atoms with Gasteiger partial charge in [-0.05, 0) is 49.6 Å². The molecule has 20 heavy (non-hydrogen) atoms. The number of aromatic nitrogens is 1. The van der Waals surface area contributed by atoms with Gasteiger partial charge in [0.15, 0.2) is 0 Å². The molecular weight excluding hydrogens is 255 g/mol. The third-order valence-electron chi connectivity index (χ3n) is 3.25. The Morgan fingerprint density at radius 2 is 1.95 bits per heavy atom. The van der Waals surface area contributed by atoms with E-state index in [0.717, 1.165) is 23.4 Å². The van der Waals surface area contributed by atoms with E-state index in [1.54, 1.807) is 12.1 Å². The predicted molar refractivity (Wildman–Crippen MR) is 77.1 cm³/mol. The first-order valence-electron chi connectivity index (χ1n) is 6.71. The van der Waals surface area contributed by atoms with Crippen molar-refractivity contribution in [2.24, 2.45) is 0 Å². The van der Waals surface area contributed by atoms with Gasteiger partial charge in [0.25, 0.3) is 0 Å². The Balaban J connectivity index is 1.78. The number of nitrogens with one attached hydrogen (secondary N) is 2. The van der Waals surface area contributed by atoms with Crippen LogP contribution in [0.4, 0.5) is 4.39 Å². The highest BCUT2D eigenvalue weighted by Gasteiger charge is 2.05. The van der Waals surface area contributed by atoms with Crippen LogP contribution in [0.15, 0.2) is 30.3 Å². The van der Waals surface area contributed by atoms with Gasteiger partial charge in [-0.1, -0.05) is 12.1 Å². The summed E-state index contributed by atoms with van der Waals surface area (Å²) in [6.45, 7) is 4.66. The number of amides is 1. The van der Waals surface area contributed by atoms with Crippen molar-refractivity contribution in [2.45, 2.75) is 26.7 Å². The molecule has 0 bridgehead atoms. The molecule has 2 aromatic rings. The van der Waals surface area contributed by atoms with Crippen LogP contribution in [0, 0.1) is 19.7 Å². The van der Waals surface area contributed by atoms with E-state index in [1.807, 2.05) is 13.8 Å². The lowest BCUT2D eigenvalue weighted by molar-refractivity contribution is -0.120. The average Bonchev–Trinajstić information content (AvgIpc) is 2.71. The van der Waals surface area contributed by atoms with Gasteiger partial charge in [0, 0.05) is 17.9 Å². The van der Waals surface area contributed by atoms with E-state index in [2.05, 4.69) is 16.4 Å². The van der Waals surface area contributed by atoms with E-state index in [-0.39, 0.29) is 18.1 Å². The van der Waals surface area contributed by atoms with Crippen LogP contribution in [-0.2, 0) is 17.6 Å². The van der Waals surface area contributed by atoms with E-state index < -0.39 is 0 Å². The Morgan fingerprint density at radius 3 is 2.55 bits per heavy atom. The van der Waals surface area contributed by atoms with Gasteiger partial charge in [-0.2, -0.15) is 0 Å². The van der Waals surface area contributed by atoms with E-state index in [0.29, 0.717) is 6.54 Å². The summed E-state index contributed by atoms with van der Waals surface area (Å²) >= 11 is 0. The fourth-order valence-corrected chi connectivity index (χ4v) is 2.23. The normalized spacial score (nSPS) is 10.6. The number of hydrogen-bond acceptors (Lipinski definition) is 1. The molecule has 0 radical (unpaired) electrons. The molecule has 0 spiro atoms. The van der Waals surface area contributed by atoms with Crippen molar-refractivity contribution >= 4 is 5.91 Å². The monoisotopic (exact) mass is 274 g/mol. The highest BCUT2D eigenvalue weighted by Crippen LogP contribution is 2.09. The van der Waals surface area contributed by atoms with Crippen molar-refractivity contribution in [3.8, 4) is 0 Å². The van der Waals surface area contributed by atoms with Crippen LogP contribution in [0.1, 0.15) is 22.5 Å². The first-order chi connectivity index (χ1) is 9.54. The van der Waals surface area contributed by atoms with Crippen LogP contribution < -0.4 is 5.32 Å². The van der Waals surface area contributed by atoms with Crippen LogP contribution >= 0.6 is 0 Å². The second-order valence-electron chi connectivity index (χ2n) is 5.01. The van der Waals surface area contributed by atoms with E-state index >= 15 is 0 Å². The SMILES string of the molecule is Cc1cc(CCNC(=O)Cc2ccc(F)cc2)c(C)[nH]1. The largest absolute Gasteiger partial charge is 0.362 e. The van der Waals surface area contributed by atoms with Gasteiger partial charge in [-0.3, -0.25) is 4.79 Å². The number of halogens is 1. The summed E-state index contributed by atoms with van der Waals surface area (Å²) in [6, 6.07) is 8.10. The molecule has 0 atom stereocenters. The zero-order chi connectivity index (χ0) is 14.5. The standard InChI is InChI=1S/C16H19FN2O/c1-11-9-14(12(2)19-11)7-8-18-16(20)10-13-3-5-15(17)6-4-13/h3-6,9,19H,7-8,10H2,1-2H3,(H,18,20). The van der Waals surface area contributed by atoms with Crippen molar-refractivity contribution in [3.63, 3.8) is 0 Å². The molecule has 4 heteroatoms. The molecule has 1 aromatic carbocycles. The highest BCUT2D eigenvalue weighted by molar-refractivity contribution is 5.78. The number of aryl methyl sites for hydroxylation is 2. The summed E-state index contributed by atoms with van der Waals surface area (Å²) in [7, 11) is 0. The smallest absolute Gasteiger partial charge is 0.224 e. The molecule has 0 aliphatic heterocycles. The molecule has 0 aliphatic rings. The minimum Gasteiger partial charge on any atom is -0.362 e. The second kappa shape index (κ2) is 6.37. The van der Waals surface area contributed by atoms with E-state index in [9.17, 15) is 9.18 Å². The third kappa shape index (κ3) is 3.95. The maximum absolute atomic E-state index is 12.8. The van der Waals surface area contributed by atoms with Crippen LogP contribution in [0.3, 0.4) is 0 Å². The molecule has 0 aliphatic carbocycles. The summed E-state index contributed by atoms with van der Waals surface area (Å²) in [5.74, 6) is -0.325. The van der Waals surface area contributed by atoms with E-state index in [1.165, 1.54) is 17.7 Å². The summed E-state index contributed by atoms with van der Waals surface area (Å²) in [5.41, 5.74) is 4.33. The Hall–Kier alpha value is -2.10. The molecule has 1 heterocycles. The number of H-pyrrole nitrogens is 1. The maximum atomic E-state index is 12.8. The van der Waals surface area contributed by atoms with Crippen molar-refractivity contribution in [3.05, 3.63) is 58.7 Å². The highest BCUT2D eigenvalue weighted by atomic mass is 19.1. The summed E-state index contributed by atoms with van der Waals surface area (Å²) in [5, 5.41) is 2.88. The first-order valence-corrected chi connectivity index (χ1v) is 6.71. The minimum absolute atomic E-state index is 0.0403. The van der Waals surface area contributed by atoms with Gasteiger partial charge in [0.05, 0.1) is 6.42 Å². The van der Waals surface area contributed by atoms with Gasteiger partial charge in [-0.15, -0.1) is 0 Å². The molecule has 2 rings (SSSR count). The van der Waals surface area contributed by atoms with Gasteiger partial charge >= 0.3 is 0 Å². The van der Waals surface area contributed by atoms with Crippen LogP contribution in [0.25, 0.3) is 0 Å². The zero-order valence-corrected chi connectivity index (χ0v) is 11.8. The summed E-state index contributed by atoms with van der Waals surface area (Å²) in [4.78, 5) is 15.0. The lowest BCUT2D eigenvalue weighted by Gasteiger charge is -2.05. The second-order valence-corrected chi connectivity index (χ2v) is 5.01. The molecule has 1 aromatic heterocycles. The Labute approximate surface area is 118 Å². The van der Waals surface area contributed by atoms with Crippen LogP contribution in [0.2, 0.25) is 0 Å². The number of carbonyl (C=O) groups excluding carboxylic acids is 1. The maximum Gasteiger partial charge on any atom is 0.224 e. The van der Waals surface area contributed by atoms with Gasteiger partial charge < -0.3 is 10.3 Å². The predicted octanol–water partition coefficient (Wildman–Crippen LogP) is 2.67. The average molecular weight is 274 g/mol. The van der Waals surface area contributed by atoms with Crippen molar-refractivity contribution in [1.29, 1.82) is 0 Å². The minimum atomic E-state index is -0.285. The lowest BCUT2D eigenvalue weighted by Crippen LogP contribution is -2.27. The number of benzene rings is 1. The molecule has 106 valence electrons. The van der Waals surface area contributed by atoms with Crippen molar-refractivity contribution < 1.29 is 9.18 Å². The fraction of sp³-hybridized carbons (Fsp3) is 0.312. The van der Waals surface area contributed by atoms with Gasteiger partial charge in [-0.25, -0.2) is 4.39 Å². The molecule has 0 saturated heterocycles. The quantitative estimate of drug-likeness (QED) is 0.865. The molecular formula is C16H19FN2O. The molecule has 1 amide bonds. The molecule has 2 N–H and O–H groups in total. The van der Waals surface area contributed by atoms with Crippen molar-refractivity contribution in [1.82, 2.24) is 10.3 Å². The zero-order valence-electron chi connectivity index (χ0n) is 11.8. The number of rotatable bonds is 5. The topological polar surface area (TPSA) is 44.9 Å². The molecule has 0 unspecified atom stereocenters. The Bertz CT molecular complexity index is 587. The molecule has 0 fully saturated rings. The number of hydrogen-bond donors (Lipinski definition) is 2. The summed E-state index contributed by atoms with van der Waals surface area (Å²) < 4.78 is 12.8. The van der Waals surface area contributed by atoms with Crippen molar-refractivity contribution in [2.75, 3.05) is 6.54 Å². The van der Waals surface area contributed by atoms with E-state index in [4.69, 9.17) is 0 Å². The van der Waals surface area contributed by atoms with Gasteiger partial charge in [0.2, 0.25) is 5.91 Å². The summed E-state index contributed by atoms with van der Waals surface area (Å²) in [6.07, 6.45) is 1.09. The lowest BCUT2D eigenvalue weighted by atomic mass is 10.1. The molecule has 3 nitrogen and oxygen atoms in total. The third-order valence-corrected chi connectivity index (χ3v) is 3.25. The fourth-order valence-electron chi connectivity index (χ4n) is 2.23. The molecule has 0 saturated carbocycles.